The van der Waals surface area contributed by atoms with E-state index >= 15 is 0 Å². The molecule has 1 aliphatic carbocycles. The maximum Gasteiger partial charge on any atom is 0.244 e. The smallest absolute Gasteiger partial charge is 0.244 e. The minimum atomic E-state index is -0.653. The molecule has 6 rings (SSSR count). The number of amides is 3. The van der Waals surface area contributed by atoms with Crippen LogP contribution in [-0.2, 0) is 32.6 Å². The van der Waals surface area contributed by atoms with Gasteiger partial charge in [0.15, 0.2) is 0 Å². The van der Waals surface area contributed by atoms with Crippen LogP contribution in [-0.4, -0.2) is 58.7 Å². The lowest BCUT2D eigenvalue weighted by Crippen LogP contribution is -2.57. The third kappa shape index (κ3) is 3.88. The lowest BCUT2D eigenvalue weighted by atomic mass is 9.79. The molecule has 0 bridgehead atoms. The molecule has 1 fully saturated rings. The number of benzene rings is 2. The first-order chi connectivity index (χ1) is 17.9. The number of likely N-dealkylation sites (N-methyl/N-ethyl adjacent to an activating group) is 1. The van der Waals surface area contributed by atoms with E-state index in [4.69, 9.17) is 0 Å². The quantitative estimate of drug-likeness (QED) is 0.581. The summed E-state index contributed by atoms with van der Waals surface area (Å²) in [4.78, 5) is 47.4. The number of carbonyl (C=O) groups excluding carboxylic acids is 3. The van der Waals surface area contributed by atoms with Gasteiger partial charge in [-0.05, 0) is 61.7 Å². The zero-order valence-corrected chi connectivity index (χ0v) is 20.9. The first-order valence-electron chi connectivity index (χ1n) is 12.6. The average Bonchev–Trinajstić information content (AvgIpc) is 3.41. The largest absolute Gasteiger partial charge is 0.325 e. The van der Waals surface area contributed by atoms with Crippen LogP contribution in [0.3, 0.4) is 0 Å². The molecule has 8 nitrogen and oxygen atoms in total. The molecule has 0 saturated carbocycles. The molecule has 3 aliphatic rings. The van der Waals surface area contributed by atoms with Gasteiger partial charge in [-0.3, -0.25) is 19.3 Å². The van der Waals surface area contributed by atoms with Crippen molar-refractivity contribution in [2.75, 3.05) is 30.8 Å². The second kappa shape index (κ2) is 8.81. The summed E-state index contributed by atoms with van der Waals surface area (Å²) in [7, 11) is 1.94. The van der Waals surface area contributed by atoms with E-state index in [-0.39, 0.29) is 36.3 Å². The van der Waals surface area contributed by atoms with E-state index in [0.29, 0.717) is 30.9 Å². The van der Waals surface area contributed by atoms with Gasteiger partial charge < -0.3 is 15.5 Å². The normalized spacial score (nSPS) is 24.6. The Kier molecular flexibility index (Phi) is 5.56. The number of rotatable bonds is 4. The number of anilines is 2. The summed E-state index contributed by atoms with van der Waals surface area (Å²) in [5.41, 5.74) is 4.08. The number of hydrogen-bond donors (Lipinski definition) is 2. The SMILES string of the molecule is CC1C(=O)N(CC(=O)Nc2ccc3c(c2)CC2(C3)C(=O)Nc3ncccc32)C(c2ccccc2)CN1C. The predicted molar refractivity (Wildman–Crippen MR) is 140 cm³/mol. The predicted octanol–water partition coefficient (Wildman–Crippen LogP) is 2.91. The molecule has 1 saturated heterocycles. The van der Waals surface area contributed by atoms with Gasteiger partial charge in [-0.15, -0.1) is 0 Å². The van der Waals surface area contributed by atoms with Crippen molar-refractivity contribution in [1.29, 1.82) is 0 Å². The van der Waals surface area contributed by atoms with Crippen LogP contribution in [0.15, 0.2) is 66.9 Å². The molecule has 3 heterocycles. The number of nitrogens with zero attached hydrogens (tertiary/aromatic N) is 3. The summed E-state index contributed by atoms with van der Waals surface area (Å²) in [6.45, 7) is 2.50. The van der Waals surface area contributed by atoms with Gasteiger partial charge in [-0.1, -0.05) is 42.5 Å². The molecule has 1 spiro atoms. The van der Waals surface area contributed by atoms with Crippen LogP contribution in [0.1, 0.15) is 35.2 Å². The van der Waals surface area contributed by atoms with Gasteiger partial charge in [0.05, 0.1) is 17.5 Å². The van der Waals surface area contributed by atoms with Crippen molar-refractivity contribution in [3.63, 3.8) is 0 Å². The topological polar surface area (TPSA) is 94.6 Å². The van der Waals surface area contributed by atoms with Gasteiger partial charge in [0.1, 0.15) is 12.4 Å². The molecule has 3 unspecified atom stereocenters. The summed E-state index contributed by atoms with van der Waals surface area (Å²) in [5, 5.41) is 5.91. The standard InChI is InChI=1S/C29H29N5O3/c1-18-27(36)34(24(16-33(18)2)19-7-4-3-5-8-19)17-25(35)31-22-11-10-20-14-29(15-21(20)13-22)23-9-6-12-30-26(23)32-28(29)37/h3-13,18,24H,14-17H2,1-2H3,(H,31,35)(H,30,32,37). The van der Waals surface area contributed by atoms with E-state index < -0.39 is 5.41 Å². The molecule has 0 radical (unpaired) electrons. The second-order valence-corrected chi connectivity index (χ2v) is 10.3. The summed E-state index contributed by atoms with van der Waals surface area (Å²) in [6, 6.07) is 19.0. The molecule has 3 aromatic rings. The summed E-state index contributed by atoms with van der Waals surface area (Å²) in [6.07, 6.45) is 2.84. The van der Waals surface area contributed by atoms with Crippen molar-refractivity contribution in [1.82, 2.24) is 14.8 Å². The van der Waals surface area contributed by atoms with Gasteiger partial charge in [-0.25, -0.2) is 4.98 Å². The lowest BCUT2D eigenvalue weighted by Gasteiger charge is -2.43. The summed E-state index contributed by atoms with van der Waals surface area (Å²) in [5.74, 6) is 0.297. The third-order valence-electron chi connectivity index (χ3n) is 8.10. The Bertz CT molecular complexity index is 1410. The van der Waals surface area contributed by atoms with Crippen molar-refractivity contribution in [2.24, 2.45) is 0 Å². The van der Waals surface area contributed by atoms with E-state index in [1.807, 2.05) is 79.5 Å². The number of carbonyl (C=O) groups is 3. The highest BCUT2D eigenvalue weighted by atomic mass is 16.2. The molecule has 3 atom stereocenters. The fraction of sp³-hybridized carbons (Fsp3) is 0.310. The molecule has 188 valence electrons. The van der Waals surface area contributed by atoms with Crippen molar-refractivity contribution in [3.8, 4) is 0 Å². The van der Waals surface area contributed by atoms with E-state index in [9.17, 15) is 14.4 Å². The second-order valence-electron chi connectivity index (χ2n) is 10.3. The van der Waals surface area contributed by atoms with E-state index in [1.165, 1.54) is 0 Å². The minimum Gasteiger partial charge on any atom is -0.325 e. The van der Waals surface area contributed by atoms with Crippen LogP contribution in [0.4, 0.5) is 11.5 Å². The highest BCUT2D eigenvalue weighted by Gasteiger charge is 2.51. The number of piperazine rings is 1. The first kappa shape index (κ1) is 23.4. The molecule has 2 aliphatic heterocycles. The molecule has 8 heteroatoms. The Hall–Kier alpha value is -4.04. The zero-order chi connectivity index (χ0) is 25.7. The highest BCUT2D eigenvalue weighted by Crippen LogP contribution is 2.47. The van der Waals surface area contributed by atoms with Crippen molar-refractivity contribution >= 4 is 29.2 Å². The number of aromatic nitrogens is 1. The highest BCUT2D eigenvalue weighted by molar-refractivity contribution is 6.06. The summed E-state index contributed by atoms with van der Waals surface area (Å²) >= 11 is 0. The van der Waals surface area contributed by atoms with Crippen LogP contribution in [0.5, 0.6) is 0 Å². The maximum atomic E-state index is 13.2. The van der Waals surface area contributed by atoms with E-state index in [1.54, 1.807) is 11.1 Å². The van der Waals surface area contributed by atoms with Crippen molar-refractivity contribution < 1.29 is 14.4 Å². The Morgan fingerprint density at radius 3 is 2.68 bits per heavy atom. The Labute approximate surface area is 215 Å². The fourth-order valence-electron chi connectivity index (χ4n) is 5.96. The van der Waals surface area contributed by atoms with Crippen molar-refractivity contribution in [2.45, 2.75) is 37.3 Å². The van der Waals surface area contributed by atoms with Gasteiger partial charge in [0.2, 0.25) is 17.7 Å². The molecule has 1 aromatic heterocycles. The van der Waals surface area contributed by atoms with Crippen LogP contribution in [0.25, 0.3) is 0 Å². The first-order valence-corrected chi connectivity index (χ1v) is 12.6. The minimum absolute atomic E-state index is 0.0287. The van der Waals surface area contributed by atoms with E-state index in [2.05, 4.69) is 15.6 Å². The molecular weight excluding hydrogens is 466 g/mol. The zero-order valence-electron chi connectivity index (χ0n) is 20.9. The summed E-state index contributed by atoms with van der Waals surface area (Å²) < 4.78 is 0. The molecule has 3 amide bonds. The number of pyridine rings is 1. The molecule has 37 heavy (non-hydrogen) atoms. The van der Waals surface area contributed by atoms with Crippen LogP contribution >= 0.6 is 0 Å². The van der Waals surface area contributed by atoms with Crippen LogP contribution < -0.4 is 10.6 Å². The lowest BCUT2D eigenvalue weighted by molar-refractivity contribution is -0.147. The monoisotopic (exact) mass is 495 g/mol. The fourth-order valence-corrected chi connectivity index (χ4v) is 5.96. The Morgan fingerprint density at radius 1 is 1.08 bits per heavy atom. The molecule has 2 N–H and O–H groups in total. The van der Waals surface area contributed by atoms with Crippen LogP contribution in [0, 0.1) is 0 Å². The van der Waals surface area contributed by atoms with Crippen LogP contribution in [0.2, 0.25) is 0 Å². The number of fused-ring (bicyclic) bond motifs is 3. The van der Waals surface area contributed by atoms with Crippen molar-refractivity contribution in [3.05, 3.63) is 89.1 Å². The Morgan fingerprint density at radius 2 is 1.86 bits per heavy atom. The maximum absolute atomic E-state index is 13.2. The number of nitrogens with one attached hydrogen (secondary N) is 2. The molecular formula is C29H29N5O3. The molecule has 2 aromatic carbocycles. The average molecular weight is 496 g/mol. The van der Waals surface area contributed by atoms with E-state index in [0.717, 1.165) is 22.3 Å². The number of hydrogen-bond acceptors (Lipinski definition) is 5. The van der Waals surface area contributed by atoms with Gasteiger partial charge in [0, 0.05) is 24.0 Å². The Balaban J connectivity index is 1.20. The van der Waals surface area contributed by atoms with Gasteiger partial charge >= 0.3 is 0 Å². The van der Waals surface area contributed by atoms with Gasteiger partial charge in [0.25, 0.3) is 0 Å². The third-order valence-corrected chi connectivity index (χ3v) is 8.10. The van der Waals surface area contributed by atoms with Gasteiger partial charge in [-0.2, -0.15) is 0 Å².